The van der Waals surface area contributed by atoms with E-state index in [-0.39, 0.29) is 0 Å². The van der Waals surface area contributed by atoms with Crippen molar-refractivity contribution in [2.24, 2.45) is 0 Å². The van der Waals surface area contributed by atoms with Crippen LogP contribution in [0.3, 0.4) is 0 Å². The molecule has 0 amide bonds. The van der Waals surface area contributed by atoms with Gasteiger partial charge in [-0.3, -0.25) is 0 Å². The minimum absolute atomic E-state index is 0.753. The van der Waals surface area contributed by atoms with Crippen LogP contribution in [0.15, 0.2) is 54.6 Å². The molecule has 0 heterocycles. The number of fused-ring (bicyclic) bond motifs is 1. The van der Waals surface area contributed by atoms with Gasteiger partial charge in [-0.2, -0.15) is 0 Å². The molecule has 0 aliphatic heterocycles. The molecule has 2 rings (SSSR count). The second-order valence-electron chi connectivity index (χ2n) is 4.06. The molecular weight excluding hydrogens is 208 g/mol. The zero-order valence-electron chi connectivity index (χ0n) is 9.77. The molecule has 0 fully saturated rings. The maximum atomic E-state index is 9.91. The first-order valence-corrected chi connectivity index (χ1v) is 5.50. The van der Waals surface area contributed by atoms with Gasteiger partial charge in [0.25, 0.3) is 0 Å². The second kappa shape index (κ2) is 4.86. The summed E-state index contributed by atoms with van der Waals surface area (Å²) in [6, 6.07) is 13.9. The molecule has 17 heavy (non-hydrogen) atoms. The Morgan fingerprint density at radius 1 is 1.18 bits per heavy atom. The summed E-state index contributed by atoms with van der Waals surface area (Å²) in [4.78, 5) is 0. The molecule has 2 aromatic carbocycles. The van der Waals surface area contributed by atoms with E-state index in [1.165, 1.54) is 0 Å². The van der Waals surface area contributed by atoms with Crippen molar-refractivity contribution in [3.63, 3.8) is 0 Å². The lowest BCUT2D eigenvalue weighted by Crippen LogP contribution is -1.93. The van der Waals surface area contributed by atoms with Crippen molar-refractivity contribution >= 4 is 10.8 Å². The third kappa shape index (κ3) is 2.75. The van der Waals surface area contributed by atoms with Crippen molar-refractivity contribution in [3.05, 3.63) is 60.2 Å². The van der Waals surface area contributed by atoms with Crippen LogP contribution in [0, 0.1) is 11.8 Å². The summed E-state index contributed by atoms with van der Waals surface area (Å²) in [5, 5.41) is 12.2. The quantitative estimate of drug-likeness (QED) is 0.733. The summed E-state index contributed by atoms with van der Waals surface area (Å²) >= 11 is 0. The van der Waals surface area contributed by atoms with E-state index in [1.54, 1.807) is 0 Å². The number of hydrogen-bond acceptors (Lipinski definition) is 1. The summed E-state index contributed by atoms with van der Waals surface area (Å²) in [6.45, 7) is 5.51. The van der Waals surface area contributed by atoms with Crippen LogP contribution in [-0.2, 0) is 0 Å². The van der Waals surface area contributed by atoms with Crippen LogP contribution >= 0.6 is 0 Å². The molecule has 0 spiro atoms. The standard InChI is InChI=1S/C16H14O/c1-12(2)7-10-16(17)15-9-8-13-5-3-4-6-14(13)11-15/h3-6,8-9,11,16-17H,1H2,2H3/t16-/m0/s1. The fourth-order valence-electron chi connectivity index (χ4n) is 1.65. The minimum Gasteiger partial charge on any atom is -0.376 e. The summed E-state index contributed by atoms with van der Waals surface area (Å²) in [5.41, 5.74) is 1.57. The molecule has 0 aliphatic rings. The number of rotatable bonds is 1. The van der Waals surface area contributed by atoms with E-state index in [0.717, 1.165) is 21.9 Å². The molecule has 0 saturated carbocycles. The number of aliphatic hydroxyl groups excluding tert-OH is 1. The summed E-state index contributed by atoms with van der Waals surface area (Å²) in [5.74, 6) is 5.57. The van der Waals surface area contributed by atoms with E-state index in [1.807, 2.05) is 49.4 Å². The molecule has 1 atom stereocenters. The van der Waals surface area contributed by atoms with Gasteiger partial charge in [0, 0.05) is 0 Å². The van der Waals surface area contributed by atoms with Crippen molar-refractivity contribution < 1.29 is 5.11 Å². The SMILES string of the molecule is C=C(C)C#C[C@H](O)c1ccc2ccccc2c1. The Morgan fingerprint density at radius 3 is 2.59 bits per heavy atom. The van der Waals surface area contributed by atoms with E-state index < -0.39 is 6.10 Å². The minimum atomic E-state index is -0.753. The van der Waals surface area contributed by atoms with E-state index in [4.69, 9.17) is 0 Å². The van der Waals surface area contributed by atoms with E-state index >= 15 is 0 Å². The van der Waals surface area contributed by atoms with Gasteiger partial charge in [-0.1, -0.05) is 54.8 Å². The number of aliphatic hydroxyl groups is 1. The van der Waals surface area contributed by atoms with Crippen LogP contribution in [0.2, 0.25) is 0 Å². The Morgan fingerprint density at radius 2 is 1.88 bits per heavy atom. The van der Waals surface area contributed by atoms with Gasteiger partial charge in [0.2, 0.25) is 0 Å². The Balaban J connectivity index is 2.37. The number of hydrogen-bond donors (Lipinski definition) is 1. The topological polar surface area (TPSA) is 20.2 Å². The molecule has 0 aromatic heterocycles. The predicted molar refractivity (Wildman–Crippen MR) is 71.5 cm³/mol. The molecule has 0 bridgehead atoms. The van der Waals surface area contributed by atoms with Crippen LogP contribution < -0.4 is 0 Å². The van der Waals surface area contributed by atoms with E-state index in [0.29, 0.717) is 0 Å². The van der Waals surface area contributed by atoms with Crippen LogP contribution in [-0.4, -0.2) is 5.11 Å². The van der Waals surface area contributed by atoms with Crippen LogP contribution in [0.25, 0.3) is 10.8 Å². The van der Waals surface area contributed by atoms with Crippen molar-refractivity contribution in [1.29, 1.82) is 0 Å². The number of allylic oxidation sites excluding steroid dienone is 1. The highest BCUT2D eigenvalue weighted by Crippen LogP contribution is 2.19. The van der Waals surface area contributed by atoms with Gasteiger partial charge in [0.15, 0.2) is 0 Å². The van der Waals surface area contributed by atoms with Crippen molar-refractivity contribution in [2.75, 3.05) is 0 Å². The third-order valence-electron chi connectivity index (χ3n) is 2.51. The predicted octanol–water partition coefficient (Wildman–Crippen LogP) is 3.45. The first-order valence-electron chi connectivity index (χ1n) is 5.50. The normalized spacial score (nSPS) is 11.6. The maximum absolute atomic E-state index is 9.91. The first-order chi connectivity index (χ1) is 8.16. The fourth-order valence-corrected chi connectivity index (χ4v) is 1.65. The lowest BCUT2D eigenvalue weighted by molar-refractivity contribution is 0.238. The lowest BCUT2D eigenvalue weighted by atomic mass is 10.0. The highest BCUT2D eigenvalue weighted by Gasteiger charge is 2.03. The van der Waals surface area contributed by atoms with Crippen molar-refractivity contribution in [2.45, 2.75) is 13.0 Å². The largest absolute Gasteiger partial charge is 0.376 e. The Labute approximate surface area is 101 Å². The Kier molecular flexibility index (Phi) is 3.27. The summed E-state index contributed by atoms with van der Waals surface area (Å²) < 4.78 is 0. The molecule has 84 valence electrons. The molecule has 1 N–H and O–H groups in total. The van der Waals surface area contributed by atoms with Crippen LogP contribution in [0.4, 0.5) is 0 Å². The molecule has 0 saturated heterocycles. The van der Waals surface area contributed by atoms with Gasteiger partial charge in [-0.05, 0) is 34.9 Å². The first kappa shape index (κ1) is 11.4. The fraction of sp³-hybridized carbons (Fsp3) is 0.125. The van der Waals surface area contributed by atoms with Crippen LogP contribution in [0.1, 0.15) is 18.6 Å². The van der Waals surface area contributed by atoms with Gasteiger partial charge in [0.1, 0.15) is 6.10 Å². The second-order valence-corrected chi connectivity index (χ2v) is 4.06. The van der Waals surface area contributed by atoms with Gasteiger partial charge >= 0.3 is 0 Å². The van der Waals surface area contributed by atoms with Gasteiger partial charge in [0.05, 0.1) is 0 Å². The third-order valence-corrected chi connectivity index (χ3v) is 2.51. The van der Waals surface area contributed by atoms with Crippen molar-refractivity contribution in [3.8, 4) is 11.8 Å². The van der Waals surface area contributed by atoms with Gasteiger partial charge in [-0.25, -0.2) is 0 Å². The van der Waals surface area contributed by atoms with E-state index in [9.17, 15) is 5.11 Å². The molecular formula is C16H14O. The molecule has 1 heteroatoms. The highest BCUT2D eigenvalue weighted by molar-refractivity contribution is 5.83. The average Bonchev–Trinajstić information content (AvgIpc) is 2.35. The Bertz CT molecular complexity index is 614. The zero-order valence-corrected chi connectivity index (χ0v) is 9.77. The zero-order chi connectivity index (χ0) is 12.3. The molecule has 0 radical (unpaired) electrons. The Hall–Kier alpha value is -2.04. The number of benzene rings is 2. The molecule has 1 nitrogen and oxygen atoms in total. The lowest BCUT2D eigenvalue weighted by Gasteiger charge is -2.05. The monoisotopic (exact) mass is 222 g/mol. The van der Waals surface area contributed by atoms with E-state index in [2.05, 4.69) is 18.4 Å². The van der Waals surface area contributed by atoms with Gasteiger partial charge < -0.3 is 5.11 Å². The molecule has 0 unspecified atom stereocenters. The smallest absolute Gasteiger partial charge is 0.140 e. The van der Waals surface area contributed by atoms with Crippen molar-refractivity contribution in [1.82, 2.24) is 0 Å². The van der Waals surface area contributed by atoms with Gasteiger partial charge in [-0.15, -0.1) is 0 Å². The maximum Gasteiger partial charge on any atom is 0.140 e. The molecule has 2 aromatic rings. The average molecular weight is 222 g/mol. The van der Waals surface area contributed by atoms with Crippen LogP contribution in [0.5, 0.6) is 0 Å². The summed E-state index contributed by atoms with van der Waals surface area (Å²) in [6.07, 6.45) is -0.753. The molecule has 0 aliphatic carbocycles. The summed E-state index contributed by atoms with van der Waals surface area (Å²) in [7, 11) is 0. The highest BCUT2D eigenvalue weighted by atomic mass is 16.3.